The van der Waals surface area contributed by atoms with E-state index < -0.39 is 0 Å². The summed E-state index contributed by atoms with van der Waals surface area (Å²) in [6.07, 6.45) is 1.82. The number of nitrogens with zero attached hydrogens (tertiary/aromatic N) is 1. The summed E-state index contributed by atoms with van der Waals surface area (Å²) < 4.78 is 0. The molecule has 0 aliphatic heterocycles. The Kier molecular flexibility index (Phi) is 3.17. The van der Waals surface area contributed by atoms with E-state index >= 15 is 0 Å². The fourth-order valence-electron chi connectivity index (χ4n) is 1.59. The van der Waals surface area contributed by atoms with Crippen LogP contribution in [0.1, 0.15) is 17.8 Å². The van der Waals surface area contributed by atoms with Crippen molar-refractivity contribution in [3.8, 4) is 0 Å². The maximum absolute atomic E-state index is 6.03. The topological polar surface area (TPSA) is 28.7 Å². The third-order valence-corrected chi connectivity index (χ3v) is 3.11. The molecule has 0 amide bonds. The predicted octanol–water partition coefficient (Wildman–Crippen LogP) is 3.70. The minimum Gasteiger partial charge on any atom is -0.342 e. The van der Waals surface area contributed by atoms with E-state index in [1.807, 2.05) is 19.1 Å². The van der Waals surface area contributed by atoms with Gasteiger partial charge in [0.15, 0.2) is 0 Å². The number of aromatic amines is 1. The summed E-state index contributed by atoms with van der Waals surface area (Å²) >= 11 is 11.7. The molecule has 0 spiro atoms. The highest BCUT2D eigenvalue weighted by Crippen LogP contribution is 2.23. The van der Waals surface area contributed by atoms with Crippen LogP contribution in [0, 0.1) is 6.92 Å². The number of fused-ring (bicyclic) bond motifs is 1. The van der Waals surface area contributed by atoms with E-state index in [9.17, 15) is 0 Å². The second kappa shape index (κ2) is 4.42. The van der Waals surface area contributed by atoms with Crippen LogP contribution in [0.3, 0.4) is 0 Å². The van der Waals surface area contributed by atoms with E-state index in [4.69, 9.17) is 23.2 Å². The number of halogens is 2. The highest BCUT2D eigenvalue weighted by molar-refractivity contribution is 6.32. The minimum atomic E-state index is 0.663. The van der Waals surface area contributed by atoms with Gasteiger partial charge in [0.2, 0.25) is 0 Å². The summed E-state index contributed by atoms with van der Waals surface area (Å²) in [4.78, 5) is 7.78. The van der Waals surface area contributed by atoms with Gasteiger partial charge in [-0.1, -0.05) is 11.6 Å². The van der Waals surface area contributed by atoms with Crippen molar-refractivity contribution in [1.29, 1.82) is 0 Å². The van der Waals surface area contributed by atoms with Gasteiger partial charge in [-0.15, -0.1) is 11.6 Å². The molecule has 1 heterocycles. The van der Waals surface area contributed by atoms with Crippen LogP contribution in [-0.2, 0) is 6.42 Å². The van der Waals surface area contributed by atoms with Crippen molar-refractivity contribution in [2.24, 2.45) is 0 Å². The lowest BCUT2D eigenvalue weighted by atomic mass is 10.2. The first-order valence-electron chi connectivity index (χ1n) is 4.92. The van der Waals surface area contributed by atoms with Gasteiger partial charge in [0.05, 0.1) is 11.0 Å². The Morgan fingerprint density at radius 2 is 2.20 bits per heavy atom. The standard InChI is InChI=1S/C11H12Cl2N2/c1-7-8(13)4-5-9-11(7)15-10(14-9)3-2-6-12/h4-5H,2-3,6H2,1H3,(H,14,15). The molecule has 80 valence electrons. The van der Waals surface area contributed by atoms with E-state index in [0.29, 0.717) is 5.88 Å². The predicted molar refractivity (Wildman–Crippen MR) is 64.9 cm³/mol. The number of hydrogen-bond donors (Lipinski definition) is 1. The van der Waals surface area contributed by atoms with Crippen molar-refractivity contribution in [3.05, 3.63) is 28.5 Å². The highest BCUT2D eigenvalue weighted by Gasteiger charge is 2.07. The zero-order valence-corrected chi connectivity index (χ0v) is 9.99. The largest absolute Gasteiger partial charge is 0.342 e. The van der Waals surface area contributed by atoms with Crippen molar-refractivity contribution >= 4 is 34.2 Å². The average molecular weight is 243 g/mol. The molecule has 2 nitrogen and oxygen atoms in total. The monoisotopic (exact) mass is 242 g/mol. The number of rotatable bonds is 3. The number of aryl methyl sites for hydroxylation is 2. The van der Waals surface area contributed by atoms with Gasteiger partial charge in [-0.3, -0.25) is 0 Å². The number of alkyl halides is 1. The third kappa shape index (κ3) is 2.11. The summed E-state index contributed by atoms with van der Waals surface area (Å²) in [5.41, 5.74) is 3.04. The Bertz CT molecular complexity index is 477. The summed E-state index contributed by atoms with van der Waals surface area (Å²) in [6, 6.07) is 3.85. The molecule has 1 N–H and O–H groups in total. The first kappa shape index (κ1) is 10.8. The zero-order chi connectivity index (χ0) is 10.8. The molecule has 1 aromatic carbocycles. The number of nitrogens with one attached hydrogen (secondary N) is 1. The lowest BCUT2D eigenvalue weighted by Gasteiger charge is -1.96. The van der Waals surface area contributed by atoms with Crippen LogP contribution in [0.25, 0.3) is 11.0 Å². The second-order valence-electron chi connectivity index (χ2n) is 3.54. The summed E-state index contributed by atoms with van der Waals surface area (Å²) in [5, 5.41) is 0.762. The van der Waals surface area contributed by atoms with E-state index in [1.54, 1.807) is 0 Å². The number of H-pyrrole nitrogens is 1. The Balaban J connectivity index is 2.42. The molecule has 0 saturated heterocycles. The molecule has 15 heavy (non-hydrogen) atoms. The molecular weight excluding hydrogens is 231 g/mol. The lowest BCUT2D eigenvalue weighted by molar-refractivity contribution is 0.866. The van der Waals surface area contributed by atoms with E-state index in [1.165, 1.54) is 0 Å². The summed E-state index contributed by atoms with van der Waals surface area (Å²) in [6.45, 7) is 1.98. The van der Waals surface area contributed by atoms with Crippen molar-refractivity contribution in [3.63, 3.8) is 0 Å². The van der Waals surface area contributed by atoms with Crippen molar-refractivity contribution < 1.29 is 0 Å². The smallest absolute Gasteiger partial charge is 0.107 e. The molecule has 0 saturated carbocycles. The first-order valence-corrected chi connectivity index (χ1v) is 5.83. The molecule has 4 heteroatoms. The van der Waals surface area contributed by atoms with Crippen LogP contribution in [0.4, 0.5) is 0 Å². The van der Waals surface area contributed by atoms with Crippen LogP contribution in [-0.4, -0.2) is 15.8 Å². The SMILES string of the molecule is Cc1c(Cl)ccc2[nH]c(CCCCl)nc12. The van der Waals surface area contributed by atoms with Gasteiger partial charge in [0, 0.05) is 17.3 Å². The fourth-order valence-corrected chi connectivity index (χ4v) is 1.88. The molecule has 0 unspecified atom stereocenters. The van der Waals surface area contributed by atoms with Gasteiger partial charge in [0.25, 0.3) is 0 Å². The van der Waals surface area contributed by atoms with Gasteiger partial charge in [-0.2, -0.15) is 0 Å². The summed E-state index contributed by atoms with van der Waals surface area (Å²) in [5.74, 6) is 1.65. The maximum atomic E-state index is 6.03. The minimum absolute atomic E-state index is 0.663. The molecule has 0 fully saturated rings. The Labute approximate surface area is 98.6 Å². The van der Waals surface area contributed by atoms with Crippen LogP contribution in [0.15, 0.2) is 12.1 Å². The molecule has 0 bridgehead atoms. The zero-order valence-electron chi connectivity index (χ0n) is 8.48. The Morgan fingerprint density at radius 1 is 1.40 bits per heavy atom. The Hall–Kier alpha value is -0.730. The van der Waals surface area contributed by atoms with Crippen molar-refractivity contribution in [2.75, 3.05) is 5.88 Å². The normalized spacial score (nSPS) is 11.1. The quantitative estimate of drug-likeness (QED) is 0.818. The van der Waals surface area contributed by atoms with Gasteiger partial charge in [0.1, 0.15) is 5.82 Å². The second-order valence-corrected chi connectivity index (χ2v) is 4.33. The third-order valence-electron chi connectivity index (χ3n) is 2.44. The number of aromatic nitrogens is 2. The van der Waals surface area contributed by atoms with Gasteiger partial charge < -0.3 is 4.98 Å². The average Bonchev–Trinajstić information content (AvgIpc) is 2.64. The molecule has 2 aromatic rings. The molecule has 0 aliphatic rings. The number of benzene rings is 1. The number of hydrogen-bond acceptors (Lipinski definition) is 1. The van der Waals surface area contributed by atoms with Crippen molar-refractivity contribution in [1.82, 2.24) is 9.97 Å². The maximum Gasteiger partial charge on any atom is 0.107 e. The van der Waals surface area contributed by atoms with Crippen LogP contribution in [0.2, 0.25) is 5.02 Å². The molecular formula is C11H12Cl2N2. The van der Waals surface area contributed by atoms with Crippen LogP contribution < -0.4 is 0 Å². The van der Waals surface area contributed by atoms with E-state index in [0.717, 1.165) is 40.3 Å². The number of imidazole rings is 1. The van der Waals surface area contributed by atoms with Gasteiger partial charge in [-0.05, 0) is 31.0 Å². The van der Waals surface area contributed by atoms with Crippen molar-refractivity contribution in [2.45, 2.75) is 19.8 Å². The van der Waals surface area contributed by atoms with Gasteiger partial charge >= 0.3 is 0 Å². The lowest BCUT2D eigenvalue weighted by Crippen LogP contribution is -1.88. The highest BCUT2D eigenvalue weighted by atomic mass is 35.5. The molecule has 0 radical (unpaired) electrons. The van der Waals surface area contributed by atoms with E-state index in [-0.39, 0.29) is 0 Å². The Morgan fingerprint density at radius 3 is 2.93 bits per heavy atom. The van der Waals surface area contributed by atoms with Crippen LogP contribution in [0.5, 0.6) is 0 Å². The molecule has 1 aromatic heterocycles. The molecule has 0 atom stereocenters. The van der Waals surface area contributed by atoms with Gasteiger partial charge in [-0.25, -0.2) is 4.98 Å². The first-order chi connectivity index (χ1) is 7.22. The van der Waals surface area contributed by atoms with Crippen LogP contribution >= 0.6 is 23.2 Å². The fraction of sp³-hybridized carbons (Fsp3) is 0.364. The molecule has 2 rings (SSSR count). The molecule has 0 aliphatic carbocycles. The summed E-state index contributed by atoms with van der Waals surface area (Å²) in [7, 11) is 0. The van der Waals surface area contributed by atoms with E-state index in [2.05, 4.69) is 9.97 Å².